The zero-order valence-corrected chi connectivity index (χ0v) is 15.5. The molecule has 1 aliphatic rings. The molecule has 0 spiro atoms. The summed E-state index contributed by atoms with van der Waals surface area (Å²) in [6.07, 6.45) is 8.39. The van der Waals surface area contributed by atoms with E-state index in [1.807, 2.05) is 0 Å². The van der Waals surface area contributed by atoms with Gasteiger partial charge in [-0.2, -0.15) is 0 Å². The number of allylic oxidation sites excluding steroid dienone is 2. The lowest BCUT2D eigenvalue weighted by atomic mass is 9.97. The molecule has 0 aliphatic heterocycles. The number of rotatable bonds is 10. The topological polar surface area (TPSA) is 62.3 Å². The predicted molar refractivity (Wildman–Crippen MR) is 99.6 cm³/mol. The van der Waals surface area contributed by atoms with Crippen LogP contribution in [0, 0.1) is 0 Å². The highest BCUT2D eigenvalue weighted by atomic mass is 16.1. The fourth-order valence-corrected chi connectivity index (χ4v) is 3.08. The molecule has 1 aromatic rings. The molecule has 136 valence electrons. The number of aromatic nitrogens is 1. The molecule has 0 saturated carbocycles. The van der Waals surface area contributed by atoms with Gasteiger partial charge in [-0.1, -0.05) is 33.6 Å². The molecule has 0 saturated heterocycles. The molecule has 1 aliphatic carbocycles. The van der Waals surface area contributed by atoms with E-state index in [-0.39, 0.29) is 23.4 Å². The van der Waals surface area contributed by atoms with E-state index < -0.39 is 0 Å². The van der Waals surface area contributed by atoms with E-state index in [4.69, 9.17) is 0 Å². The Morgan fingerprint density at radius 3 is 2.40 bits per heavy atom. The van der Waals surface area contributed by atoms with Gasteiger partial charge in [0.2, 0.25) is 11.6 Å². The summed E-state index contributed by atoms with van der Waals surface area (Å²) < 4.78 is 0. The molecule has 2 rings (SSSR count). The zero-order chi connectivity index (χ0) is 18.2. The van der Waals surface area contributed by atoms with Crippen LogP contribution in [0.15, 0.2) is 30.1 Å². The van der Waals surface area contributed by atoms with E-state index in [0.29, 0.717) is 11.3 Å². The maximum absolute atomic E-state index is 12.7. The van der Waals surface area contributed by atoms with Gasteiger partial charge < -0.3 is 5.32 Å². The van der Waals surface area contributed by atoms with Crippen molar-refractivity contribution < 1.29 is 9.59 Å². The van der Waals surface area contributed by atoms with Gasteiger partial charge in [0.1, 0.15) is 5.69 Å². The molecule has 1 N–H and O–H groups in total. The molecule has 0 fully saturated rings. The van der Waals surface area contributed by atoms with Gasteiger partial charge >= 0.3 is 0 Å². The van der Waals surface area contributed by atoms with Crippen LogP contribution in [0.25, 0.3) is 0 Å². The van der Waals surface area contributed by atoms with Crippen molar-refractivity contribution >= 4 is 11.6 Å². The highest BCUT2D eigenvalue weighted by Gasteiger charge is 2.28. The minimum atomic E-state index is -0.207. The molecule has 1 heterocycles. The van der Waals surface area contributed by atoms with Crippen LogP contribution in [0.2, 0.25) is 0 Å². The first kappa shape index (κ1) is 19.3. The van der Waals surface area contributed by atoms with E-state index >= 15 is 0 Å². The van der Waals surface area contributed by atoms with Gasteiger partial charge in [-0.05, 0) is 31.4 Å². The van der Waals surface area contributed by atoms with Gasteiger partial charge in [-0.25, -0.2) is 0 Å². The van der Waals surface area contributed by atoms with Gasteiger partial charge in [0, 0.05) is 25.4 Å². The molecule has 1 unspecified atom stereocenters. The van der Waals surface area contributed by atoms with Gasteiger partial charge in [-0.15, -0.1) is 0 Å². The lowest BCUT2D eigenvalue weighted by molar-refractivity contribution is 0.0957. The lowest BCUT2D eigenvalue weighted by Gasteiger charge is -2.33. The number of fused-ring (bicyclic) bond motifs is 1. The highest BCUT2D eigenvalue weighted by Crippen LogP contribution is 2.19. The minimum absolute atomic E-state index is 0.0549. The van der Waals surface area contributed by atoms with Crippen molar-refractivity contribution in [2.45, 2.75) is 59.0 Å². The van der Waals surface area contributed by atoms with E-state index in [0.717, 1.165) is 45.2 Å². The monoisotopic (exact) mass is 343 g/mol. The molecule has 5 heteroatoms. The molecule has 1 aromatic heterocycles. The van der Waals surface area contributed by atoms with Crippen molar-refractivity contribution in [3.05, 3.63) is 41.4 Å². The Labute approximate surface area is 150 Å². The van der Waals surface area contributed by atoms with Crippen LogP contribution in [-0.4, -0.2) is 40.7 Å². The SMILES string of the molecule is CCCCN(CCCC)C(CC)NC1=CC(=O)c2ncccc2C1=O. The zero-order valence-electron chi connectivity index (χ0n) is 15.5. The third-order valence-electron chi connectivity index (χ3n) is 4.55. The van der Waals surface area contributed by atoms with Gasteiger partial charge in [0.25, 0.3) is 0 Å². The minimum Gasteiger partial charge on any atom is -0.366 e. The normalized spacial score (nSPS) is 15.1. The van der Waals surface area contributed by atoms with Gasteiger partial charge in [-0.3, -0.25) is 19.5 Å². The van der Waals surface area contributed by atoms with Crippen LogP contribution in [0.1, 0.15) is 73.7 Å². The summed E-state index contributed by atoms with van der Waals surface area (Å²) in [5.74, 6) is -0.353. The summed E-state index contributed by atoms with van der Waals surface area (Å²) in [6.45, 7) is 8.46. The second-order valence-corrected chi connectivity index (χ2v) is 6.46. The fraction of sp³-hybridized carbons (Fsp3) is 0.550. The quantitative estimate of drug-likeness (QED) is 0.658. The summed E-state index contributed by atoms with van der Waals surface area (Å²) in [4.78, 5) is 31.4. The van der Waals surface area contributed by atoms with E-state index in [1.54, 1.807) is 18.3 Å². The number of carbonyl (C=O) groups is 2. The standard InChI is InChI=1S/C20H29N3O2/c1-4-7-12-23(13-8-5-2)18(6-3)22-16-14-17(24)19-15(20(16)25)10-9-11-21-19/h9-11,14,18,22H,4-8,12-13H2,1-3H3. The van der Waals surface area contributed by atoms with E-state index in [9.17, 15) is 9.59 Å². The number of nitrogens with one attached hydrogen (secondary N) is 1. The van der Waals surface area contributed by atoms with E-state index in [1.165, 1.54) is 6.08 Å². The smallest absolute Gasteiger partial charge is 0.211 e. The molecule has 0 radical (unpaired) electrons. The highest BCUT2D eigenvalue weighted by molar-refractivity contribution is 6.23. The van der Waals surface area contributed by atoms with Crippen LogP contribution < -0.4 is 5.32 Å². The molecule has 1 atom stereocenters. The third kappa shape index (κ3) is 4.75. The Morgan fingerprint density at radius 1 is 1.12 bits per heavy atom. The van der Waals surface area contributed by atoms with Crippen LogP contribution in [0.4, 0.5) is 0 Å². The summed E-state index contributed by atoms with van der Waals surface area (Å²) in [7, 11) is 0. The Balaban J connectivity index is 2.16. The van der Waals surface area contributed by atoms with Crippen LogP contribution in [0.5, 0.6) is 0 Å². The lowest BCUT2D eigenvalue weighted by Crippen LogP contribution is -2.47. The molecule has 0 bridgehead atoms. The average Bonchev–Trinajstić information content (AvgIpc) is 2.64. The number of hydrogen-bond acceptors (Lipinski definition) is 5. The number of hydrogen-bond donors (Lipinski definition) is 1. The molecule has 0 aromatic carbocycles. The number of carbonyl (C=O) groups excluding carboxylic acids is 2. The molecular weight excluding hydrogens is 314 g/mol. The summed E-state index contributed by atoms with van der Waals surface area (Å²) in [5.41, 5.74) is 1.02. The number of pyridine rings is 1. The van der Waals surface area contributed by atoms with Crippen molar-refractivity contribution in [3.63, 3.8) is 0 Å². The first-order valence-corrected chi connectivity index (χ1v) is 9.38. The Hall–Kier alpha value is -2.01. The van der Waals surface area contributed by atoms with Crippen LogP contribution in [-0.2, 0) is 0 Å². The van der Waals surface area contributed by atoms with Crippen LogP contribution >= 0.6 is 0 Å². The molecule has 0 amide bonds. The second-order valence-electron chi connectivity index (χ2n) is 6.46. The van der Waals surface area contributed by atoms with Crippen molar-refractivity contribution in [1.29, 1.82) is 0 Å². The first-order valence-electron chi connectivity index (χ1n) is 9.38. The summed E-state index contributed by atoms with van der Waals surface area (Å²) in [5, 5.41) is 3.33. The van der Waals surface area contributed by atoms with Crippen molar-refractivity contribution in [2.75, 3.05) is 13.1 Å². The summed E-state index contributed by atoms with van der Waals surface area (Å²) in [6, 6.07) is 3.36. The maximum atomic E-state index is 12.7. The number of unbranched alkanes of at least 4 members (excludes halogenated alkanes) is 2. The van der Waals surface area contributed by atoms with E-state index in [2.05, 4.69) is 36.0 Å². The average molecular weight is 343 g/mol. The third-order valence-corrected chi connectivity index (χ3v) is 4.55. The fourth-order valence-electron chi connectivity index (χ4n) is 3.08. The Bertz CT molecular complexity index is 632. The van der Waals surface area contributed by atoms with Crippen molar-refractivity contribution in [2.24, 2.45) is 0 Å². The van der Waals surface area contributed by atoms with Gasteiger partial charge in [0.15, 0.2) is 0 Å². The van der Waals surface area contributed by atoms with Crippen molar-refractivity contribution in [1.82, 2.24) is 15.2 Å². The largest absolute Gasteiger partial charge is 0.366 e. The molecular formula is C20H29N3O2. The Morgan fingerprint density at radius 2 is 1.80 bits per heavy atom. The summed E-state index contributed by atoms with van der Waals surface area (Å²) >= 11 is 0. The van der Waals surface area contributed by atoms with Gasteiger partial charge in [0.05, 0.1) is 17.4 Å². The molecule has 25 heavy (non-hydrogen) atoms. The number of Topliss-reactive ketones (excluding diaryl/α,β-unsaturated/α-hetero) is 1. The second kappa shape index (κ2) is 9.47. The number of nitrogens with zero attached hydrogens (tertiary/aromatic N) is 2. The predicted octanol–water partition coefficient (Wildman–Crippen LogP) is 3.57. The number of ketones is 2. The Kier molecular flexibility index (Phi) is 7.31. The van der Waals surface area contributed by atoms with Crippen molar-refractivity contribution in [3.8, 4) is 0 Å². The first-order chi connectivity index (χ1) is 12.1. The molecule has 5 nitrogen and oxygen atoms in total. The maximum Gasteiger partial charge on any atom is 0.211 e. The van der Waals surface area contributed by atoms with Crippen LogP contribution in [0.3, 0.4) is 0 Å².